The molecular weight excluding hydrogens is 428 g/mol. The number of rotatable bonds is 6. The highest BCUT2D eigenvalue weighted by Gasteiger charge is 2.27. The van der Waals surface area contributed by atoms with Gasteiger partial charge in [-0.15, -0.1) is 0 Å². The molecule has 2 heterocycles. The van der Waals surface area contributed by atoms with Crippen molar-refractivity contribution in [3.8, 4) is 28.4 Å². The molecule has 1 saturated heterocycles. The van der Waals surface area contributed by atoms with Crippen LogP contribution in [-0.2, 0) is 0 Å². The van der Waals surface area contributed by atoms with Crippen molar-refractivity contribution in [1.82, 2.24) is 19.6 Å². The van der Waals surface area contributed by atoms with Crippen LogP contribution in [0.5, 0.6) is 11.5 Å². The summed E-state index contributed by atoms with van der Waals surface area (Å²) in [6.45, 7) is 6.21. The Morgan fingerprint density at radius 1 is 1.03 bits per heavy atom. The molecule has 0 radical (unpaired) electrons. The Morgan fingerprint density at radius 3 is 2.44 bits per heavy atom. The van der Waals surface area contributed by atoms with Crippen molar-refractivity contribution in [3.63, 3.8) is 0 Å². The number of amides is 1. The van der Waals surface area contributed by atoms with Crippen LogP contribution >= 0.6 is 11.6 Å². The third-order valence-electron chi connectivity index (χ3n) is 5.80. The zero-order valence-electron chi connectivity index (χ0n) is 18.5. The van der Waals surface area contributed by atoms with E-state index in [0.717, 1.165) is 25.2 Å². The molecule has 0 unspecified atom stereocenters. The highest BCUT2D eigenvalue weighted by atomic mass is 35.5. The van der Waals surface area contributed by atoms with E-state index in [9.17, 15) is 4.79 Å². The number of hydrogen-bond acceptors (Lipinski definition) is 5. The van der Waals surface area contributed by atoms with Crippen LogP contribution in [-0.4, -0.2) is 72.4 Å². The lowest BCUT2D eigenvalue weighted by Crippen LogP contribution is -2.48. The Kier molecular flexibility index (Phi) is 6.67. The van der Waals surface area contributed by atoms with Crippen LogP contribution in [0.4, 0.5) is 0 Å². The fraction of sp³-hybridized carbons (Fsp3) is 0.333. The molecule has 1 aromatic heterocycles. The van der Waals surface area contributed by atoms with Crippen LogP contribution in [0, 0.1) is 0 Å². The van der Waals surface area contributed by atoms with Gasteiger partial charge >= 0.3 is 0 Å². The fourth-order valence-corrected chi connectivity index (χ4v) is 4.13. The molecule has 0 atom stereocenters. The van der Waals surface area contributed by atoms with E-state index < -0.39 is 0 Å². The summed E-state index contributed by atoms with van der Waals surface area (Å²) < 4.78 is 12.5. The van der Waals surface area contributed by atoms with E-state index in [2.05, 4.69) is 11.8 Å². The summed E-state index contributed by atoms with van der Waals surface area (Å²) in [5.41, 5.74) is 2.52. The summed E-state index contributed by atoms with van der Waals surface area (Å²) in [7, 11) is 3.21. The van der Waals surface area contributed by atoms with Gasteiger partial charge in [0, 0.05) is 37.8 Å². The van der Waals surface area contributed by atoms with Crippen LogP contribution in [0.25, 0.3) is 16.9 Å². The number of methoxy groups -OCH3 is 2. The summed E-state index contributed by atoms with van der Waals surface area (Å²) in [6, 6.07) is 14.7. The first-order valence-electron chi connectivity index (χ1n) is 10.6. The van der Waals surface area contributed by atoms with Gasteiger partial charge in [0.05, 0.1) is 30.6 Å². The van der Waals surface area contributed by atoms with Crippen LogP contribution in [0.3, 0.4) is 0 Å². The third kappa shape index (κ3) is 4.31. The normalized spacial score (nSPS) is 14.4. The second-order valence-electron chi connectivity index (χ2n) is 7.57. The van der Waals surface area contributed by atoms with Gasteiger partial charge in [0.25, 0.3) is 5.91 Å². The molecule has 1 aliphatic heterocycles. The number of likely N-dealkylation sites (N-methyl/N-ethyl adjacent to an activating group) is 1. The summed E-state index contributed by atoms with van der Waals surface area (Å²) >= 11 is 6.48. The molecule has 0 saturated carbocycles. The molecule has 8 heteroatoms. The average Bonchev–Trinajstić information content (AvgIpc) is 3.28. The molecule has 4 rings (SSSR count). The number of hydrogen-bond donors (Lipinski definition) is 0. The average molecular weight is 455 g/mol. The maximum atomic E-state index is 13.6. The molecular formula is C24H27ClN4O3. The van der Waals surface area contributed by atoms with Gasteiger partial charge < -0.3 is 19.3 Å². The number of aromatic nitrogens is 2. The lowest BCUT2D eigenvalue weighted by molar-refractivity contribution is 0.0634. The van der Waals surface area contributed by atoms with Gasteiger partial charge in [0.15, 0.2) is 0 Å². The molecule has 32 heavy (non-hydrogen) atoms. The lowest BCUT2D eigenvalue weighted by Gasteiger charge is -2.34. The SMILES string of the molecule is CCN1CCN(C(=O)c2cc(-c3ccc(OC)cc3OC)nn2-c2ccccc2Cl)CC1. The Morgan fingerprint density at radius 2 is 1.78 bits per heavy atom. The van der Waals surface area contributed by atoms with Gasteiger partial charge in [-0.2, -0.15) is 5.10 Å². The molecule has 3 aromatic rings. The standard InChI is InChI=1S/C24H27ClN4O3/c1-4-27-11-13-28(14-12-27)24(30)22-16-20(18-10-9-17(31-2)15-23(18)32-3)26-29(22)21-8-6-5-7-19(21)25/h5-10,15-16H,4,11-14H2,1-3H3. The minimum Gasteiger partial charge on any atom is -0.497 e. The molecule has 0 bridgehead atoms. The van der Waals surface area contributed by atoms with Crippen LogP contribution in [0.15, 0.2) is 48.5 Å². The number of carbonyl (C=O) groups excluding carboxylic acids is 1. The minimum atomic E-state index is -0.0631. The zero-order chi connectivity index (χ0) is 22.7. The summed E-state index contributed by atoms with van der Waals surface area (Å²) in [5.74, 6) is 1.23. The molecule has 0 N–H and O–H groups in total. The Bertz CT molecular complexity index is 1110. The Hall–Kier alpha value is -3.03. The smallest absolute Gasteiger partial charge is 0.272 e. The van der Waals surface area contributed by atoms with Gasteiger partial charge in [-0.3, -0.25) is 4.79 Å². The molecule has 1 fully saturated rings. The Labute approximate surface area is 193 Å². The maximum absolute atomic E-state index is 13.6. The fourth-order valence-electron chi connectivity index (χ4n) is 3.91. The Balaban J connectivity index is 1.78. The lowest BCUT2D eigenvalue weighted by atomic mass is 10.1. The van der Waals surface area contributed by atoms with Crippen molar-refractivity contribution < 1.29 is 14.3 Å². The molecule has 7 nitrogen and oxygen atoms in total. The number of piperazine rings is 1. The van der Waals surface area contributed by atoms with E-state index in [1.54, 1.807) is 31.0 Å². The third-order valence-corrected chi connectivity index (χ3v) is 6.12. The van der Waals surface area contributed by atoms with Crippen molar-refractivity contribution in [2.45, 2.75) is 6.92 Å². The predicted molar refractivity (Wildman–Crippen MR) is 125 cm³/mol. The number of nitrogens with zero attached hydrogens (tertiary/aromatic N) is 4. The van der Waals surface area contributed by atoms with Gasteiger partial charge in [0.2, 0.25) is 0 Å². The highest BCUT2D eigenvalue weighted by molar-refractivity contribution is 6.32. The van der Waals surface area contributed by atoms with E-state index in [1.807, 2.05) is 41.3 Å². The number of benzene rings is 2. The van der Waals surface area contributed by atoms with Crippen LogP contribution in [0.1, 0.15) is 17.4 Å². The minimum absolute atomic E-state index is 0.0631. The molecule has 168 valence electrons. The number of para-hydroxylation sites is 1. The zero-order valence-corrected chi connectivity index (χ0v) is 19.3. The monoisotopic (exact) mass is 454 g/mol. The number of halogens is 1. The molecule has 1 amide bonds. The van der Waals surface area contributed by atoms with Crippen LogP contribution in [0.2, 0.25) is 5.02 Å². The van der Waals surface area contributed by atoms with Crippen LogP contribution < -0.4 is 9.47 Å². The van der Waals surface area contributed by atoms with Gasteiger partial charge in [-0.05, 0) is 36.9 Å². The first-order chi connectivity index (χ1) is 15.5. The summed E-state index contributed by atoms with van der Waals surface area (Å²) in [5, 5.41) is 5.30. The second-order valence-corrected chi connectivity index (χ2v) is 7.98. The molecule has 2 aromatic carbocycles. The van der Waals surface area contributed by atoms with E-state index in [1.165, 1.54) is 0 Å². The topological polar surface area (TPSA) is 59.8 Å². The van der Waals surface area contributed by atoms with E-state index in [4.69, 9.17) is 26.2 Å². The van der Waals surface area contributed by atoms with E-state index in [-0.39, 0.29) is 5.91 Å². The first kappa shape index (κ1) is 22.2. The maximum Gasteiger partial charge on any atom is 0.272 e. The van der Waals surface area contributed by atoms with Crippen molar-refractivity contribution in [3.05, 3.63) is 59.2 Å². The summed E-state index contributed by atoms with van der Waals surface area (Å²) in [4.78, 5) is 17.8. The molecule has 1 aliphatic rings. The predicted octanol–water partition coefficient (Wildman–Crippen LogP) is 3.99. The number of ether oxygens (including phenoxy) is 2. The molecule has 0 aliphatic carbocycles. The van der Waals surface area contributed by atoms with E-state index in [0.29, 0.717) is 46.7 Å². The van der Waals surface area contributed by atoms with Crippen molar-refractivity contribution in [2.75, 3.05) is 46.9 Å². The molecule has 0 spiro atoms. The van der Waals surface area contributed by atoms with Gasteiger partial charge in [0.1, 0.15) is 17.2 Å². The van der Waals surface area contributed by atoms with Gasteiger partial charge in [-0.25, -0.2) is 4.68 Å². The highest BCUT2D eigenvalue weighted by Crippen LogP contribution is 2.34. The van der Waals surface area contributed by atoms with Gasteiger partial charge in [-0.1, -0.05) is 30.7 Å². The van der Waals surface area contributed by atoms with Crippen molar-refractivity contribution in [1.29, 1.82) is 0 Å². The van der Waals surface area contributed by atoms with Crippen molar-refractivity contribution >= 4 is 17.5 Å². The first-order valence-corrected chi connectivity index (χ1v) is 11.0. The summed E-state index contributed by atoms with van der Waals surface area (Å²) in [6.07, 6.45) is 0. The second kappa shape index (κ2) is 9.63. The quantitative estimate of drug-likeness (QED) is 0.563. The largest absolute Gasteiger partial charge is 0.497 e. The van der Waals surface area contributed by atoms with Crippen molar-refractivity contribution in [2.24, 2.45) is 0 Å². The number of carbonyl (C=O) groups is 1. The van der Waals surface area contributed by atoms with E-state index >= 15 is 0 Å².